The highest BCUT2D eigenvalue weighted by molar-refractivity contribution is 5.28. The average molecular weight is 296 g/mol. The molecule has 0 fully saturated rings. The molecule has 1 N–H and O–H groups in total. The predicted octanol–water partition coefficient (Wildman–Crippen LogP) is 2.33. The van der Waals surface area contributed by atoms with Gasteiger partial charge in [0.15, 0.2) is 5.75 Å². The molecule has 0 aliphatic carbocycles. The summed E-state index contributed by atoms with van der Waals surface area (Å²) in [6.45, 7) is 11.7. The quantitative estimate of drug-likeness (QED) is 0.799. The van der Waals surface area contributed by atoms with E-state index in [1.807, 2.05) is 6.20 Å². The average Bonchev–Trinajstić information content (AvgIpc) is 2.77. The van der Waals surface area contributed by atoms with E-state index >= 15 is 0 Å². The van der Waals surface area contributed by atoms with Crippen molar-refractivity contribution in [3.8, 4) is 5.75 Å². The topological polar surface area (TPSA) is 42.3 Å². The van der Waals surface area contributed by atoms with Crippen molar-refractivity contribution in [1.82, 2.24) is 20.0 Å². The number of hydrogen-bond donors (Lipinski definition) is 1. The van der Waals surface area contributed by atoms with Crippen molar-refractivity contribution in [3.05, 3.63) is 11.9 Å². The highest BCUT2D eigenvalue weighted by Gasteiger charge is 2.19. The Morgan fingerprint density at radius 3 is 2.57 bits per heavy atom. The van der Waals surface area contributed by atoms with E-state index < -0.39 is 0 Å². The molecule has 0 amide bonds. The van der Waals surface area contributed by atoms with Crippen LogP contribution in [-0.2, 0) is 6.54 Å². The van der Waals surface area contributed by atoms with Gasteiger partial charge in [0.1, 0.15) is 0 Å². The number of ether oxygens (including phenoxy) is 1. The molecule has 0 aliphatic heterocycles. The third-order valence-electron chi connectivity index (χ3n) is 3.52. The minimum absolute atomic E-state index is 0.162. The molecule has 1 aromatic rings. The van der Waals surface area contributed by atoms with E-state index in [-0.39, 0.29) is 5.54 Å². The van der Waals surface area contributed by atoms with Crippen LogP contribution >= 0.6 is 0 Å². The zero-order chi connectivity index (χ0) is 16.0. The van der Waals surface area contributed by atoms with Crippen molar-refractivity contribution < 1.29 is 4.74 Å². The van der Waals surface area contributed by atoms with Gasteiger partial charge in [0, 0.05) is 18.0 Å². The Labute approximate surface area is 129 Å². The summed E-state index contributed by atoms with van der Waals surface area (Å²) in [5.41, 5.74) is 1.37. The molecule has 1 heterocycles. The largest absolute Gasteiger partial charge is 0.493 e. The first kappa shape index (κ1) is 18.0. The second-order valence-corrected chi connectivity index (χ2v) is 6.99. The zero-order valence-corrected chi connectivity index (χ0v) is 14.7. The van der Waals surface area contributed by atoms with E-state index in [1.165, 1.54) is 5.69 Å². The lowest BCUT2D eigenvalue weighted by Crippen LogP contribution is -2.36. The van der Waals surface area contributed by atoms with E-state index in [0.29, 0.717) is 5.92 Å². The van der Waals surface area contributed by atoms with Crippen LogP contribution in [0.4, 0.5) is 0 Å². The Morgan fingerprint density at radius 2 is 2.05 bits per heavy atom. The van der Waals surface area contributed by atoms with Gasteiger partial charge in [0.2, 0.25) is 0 Å². The Hall–Kier alpha value is -1.07. The van der Waals surface area contributed by atoms with Crippen molar-refractivity contribution in [2.24, 2.45) is 0 Å². The predicted molar refractivity (Wildman–Crippen MR) is 88.1 cm³/mol. The summed E-state index contributed by atoms with van der Waals surface area (Å²) >= 11 is 0. The van der Waals surface area contributed by atoms with Gasteiger partial charge in [-0.2, -0.15) is 5.10 Å². The lowest BCUT2D eigenvalue weighted by Gasteiger charge is -2.23. The molecular weight excluding hydrogens is 264 g/mol. The molecule has 0 aromatic carbocycles. The van der Waals surface area contributed by atoms with E-state index in [9.17, 15) is 0 Å². The number of nitrogens with one attached hydrogen (secondary N) is 1. The molecule has 0 aliphatic rings. The van der Waals surface area contributed by atoms with Gasteiger partial charge in [-0.3, -0.25) is 4.68 Å². The first-order valence-corrected chi connectivity index (χ1v) is 7.74. The summed E-state index contributed by atoms with van der Waals surface area (Å²) in [7, 11) is 5.88. The van der Waals surface area contributed by atoms with Gasteiger partial charge in [0.25, 0.3) is 0 Å². The van der Waals surface area contributed by atoms with Gasteiger partial charge in [-0.1, -0.05) is 6.92 Å². The van der Waals surface area contributed by atoms with Crippen LogP contribution in [0.1, 0.15) is 45.7 Å². The van der Waals surface area contributed by atoms with Crippen molar-refractivity contribution >= 4 is 0 Å². The van der Waals surface area contributed by atoms with Gasteiger partial charge in [-0.25, -0.2) is 0 Å². The molecule has 5 heteroatoms. The normalized spacial score (nSPS) is 13.7. The first-order valence-electron chi connectivity index (χ1n) is 7.74. The molecular formula is C16H32N4O. The summed E-state index contributed by atoms with van der Waals surface area (Å²) in [6.07, 6.45) is 2.90. The molecule has 0 radical (unpaired) electrons. The Morgan fingerprint density at radius 1 is 1.38 bits per heavy atom. The second kappa shape index (κ2) is 7.80. The summed E-state index contributed by atoms with van der Waals surface area (Å²) < 4.78 is 7.57. The molecule has 122 valence electrons. The van der Waals surface area contributed by atoms with Crippen LogP contribution in [0.25, 0.3) is 0 Å². The fourth-order valence-corrected chi connectivity index (χ4v) is 2.31. The monoisotopic (exact) mass is 296 g/mol. The fraction of sp³-hybridized carbons (Fsp3) is 0.812. The Kier molecular flexibility index (Phi) is 6.68. The van der Waals surface area contributed by atoms with Crippen LogP contribution in [0, 0.1) is 0 Å². The molecule has 1 atom stereocenters. The second-order valence-electron chi connectivity index (χ2n) is 6.99. The van der Waals surface area contributed by atoms with Gasteiger partial charge in [0.05, 0.1) is 25.5 Å². The maximum atomic E-state index is 5.48. The maximum absolute atomic E-state index is 5.48. The number of aromatic nitrogens is 2. The smallest absolute Gasteiger partial charge is 0.160 e. The highest BCUT2D eigenvalue weighted by atomic mass is 16.5. The summed E-state index contributed by atoms with van der Waals surface area (Å²) in [6, 6.07) is 0. The third kappa shape index (κ3) is 6.06. The summed E-state index contributed by atoms with van der Waals surface area (Å²) in [5, 5.41) is 8.02. The zero-order valence-electron chi connectivity index (χ0n) is 14.7. The molecule has 0 saturated carbocycles. The van der Waals surface area contributed by atoms with Gasteiger partial charge >= 0.3 is 0 Å². The Balaban J connectivity index is 2.71. The molecule has 0 bridgehead atoms. The minimum Gasteiger partial charge on any atom is -0.493 e. The Bertz CT molecular complexity index is 420. The van der Waals surface area contributed by atoms with Crippen molar-refractivity contribution in [3.63, 3.8) is 0 Å². The standard InChI is InChI=1S/C16H32N4O/c1-13(8-9-17-16(2,3)4)15-14(21-7)12-18-20(15)11-10-19(5)6/h12-13,17H,8-11H2,1-7H3. The van der Waals surface area contributed by atoms with E-state index in [2.05, 4.69) is 61.8 Å². The minimum atomic E-state index is 0.162. The van der Waals surface area contributed by atoms with Crippen molar-refractivity contribution in [2.45, 2.75) is 52.1 Å². The van der Waals surface area contributed by atoms with E-state index in [0.717, 1.165) is 31.8 Å². The molecule has 1 aromatic heterocycles. The lowest BCUT2D eigenvalue weighted by molar-refractivity contribution is 0.357. The van der Waals surface area contributed by atoms with Crippen LogP contribution in [0.2, 0.25) is 0 Å². The number of nitrogens with zero attached hydrogens (tertiary/aromatic N) is 3. The number of likely N-dealkylation sites (N-methyl/N-ethyl adjacent to an activating group) is 1. The maximum Gasteiger partial charge on any atom is 0.160 e. The van der Waals surface area contributed by atoms with Crippen LogP contribution < -0.4 is 10.1 Å². The first-order chi connectivity index (χ1) is 9.74. The third-order valence-corrected chi connectivity index (χ3v) is 3.52. The van der Waals surface area contributed by atoms with Gasteiger partial charge in [-0.15, -0.1) is 0 Å². The fourth-order valence-electron chi connectivity index (χ4n) is 2.31. The lowest BCUT2D eigenvalue weighted by atomic mass is 10.0. The van der Waals surface area contributed by atoms with Gasteiger partial charge in [-0.05, 0) is 47.8 Å². The number of hydrogen-bond acceptors (Lipinski definition) is 4. The summed E-state index contributed by atoms with van der Waals surface area (Å²) in [4.78, 5) is 2.17. The highest BCUT2D eigenvalue weighted by Crippen LogP contribution is 2.28. The van der Waals surface area contributed by atoms with Crippen LogP contribution in [0.3, 0.4) is 0 Å². The van der Waals surface area contributed by atoms with Crippen LogP contribution in [-0.4, -0.2) is 54.5 Å². The molecule has 21 heavy (non-hydrogen) atoms. The molecule has 1 unspecified atom stereocenters. The molecule has 1 rings (SSSR count). The van der Waals surface area contributed by atoms with Crippen LogP contribution in [0.15, 0.2) is 6.20 Å². The molecule has 0 spiro atoms. The van der Waals surface area contributed by atoms with Crippen molar-refractivity contribution in [2.75, 3.05) is 34.3 Å². The molecule has 0 saturated heterocycles. The summed E-state index contributed by atoms with van der Waals surface area (Å²) in [5.74, 6) is 1.32. The number of methoxy groups -OCH3 is 1. The number of rotatable bonds is 8. The van der Waals surface area contributed by atoms with Crippen molar-refractivity contribution in [1.29, 1.82) is 0 Å². The van der Waals surface area contributed by atoms with Crippen LogP contribution in [0.5, 0.6) is 5.75 Å². The molecule has 5 nitrogen and oxygen atoms in total. The van der Waals surface area contributed by atoms with E-state index in [1.54, 1.807) is 7.11 Å². The van der Waals surface area contributed by atoms with Gasteiger partial charge < -0.3 is 15.0 Å². The SMILES string of the molecule is COc1cnn(CCN(C)C)c1C(C)CCNC(C)(C)C. The van der Waals surface area contributed by atoms with E-state index in [4.69, 9.17) is 4.74 Å².